The number of nitrogens with zero attached hydrogens (tertiary/aromatic N) is 1. The van der Waals surface area contributed by atoms with Gasteiger partial charge in [-0.1, -0.05) is 32.9 Å². The quantitative estimate of drug-likeness (QED) is 0.239. The van der Waals surface area contributed by atoms with Crippen LogP contribution >= 0.6 is 15.9 Å². The molecule has 0 aromatic carbocycles. The number of carbonyl (C=O) groups excluding carboxylic acids is 1. The van der Waals surface area contributed by atoms with Crippen molar-refractivity contribution in [3.63, 3.8) is 0 Å². The first-order valence-corrected chi connectivity index (χ1v) is 12.3. The van der Waals surface area contributed by atoms with Crippen LogP contribution in [0.2, 0.25) is 18.1 Å². The first-order valence-electron chi connectivity index (χ1n) is 8.57. The van der Waals surface area contributed by atoms with E-state index in [1.54, 1.807) is 0 Å². The van der Waals surface area contributed by atoms with Crippen LogP contribution in [0.25, 0.3) is 0 Å². The maximum Gasteiger partial charge on any atom is 0.330 e. The molecule has 1 heterocycles. The SMILES string of the molecule is COC(=O)/C=C/CCC(CO[Si](C)(C)C(C)(C)C)c1cccc(Br)n1. The van der Waals surface area contributed by atoms with Gasteiger partial charge in [-0.15, -0.1) is 0 Å². The highest BCUT2D eigenvalue weighted by atomic mass is 79.9. The van der Waals surface area contributed by atoms with Gasteiger partial charge in [-0.3, -0.25) is 0 Å². The summed E-state index contributed by atoms with van der Waals surface area (Å²) in [6.07, 6.45) is 4.96. The molecule has 0 N–H and O–H groups in total. The molecule has 1 aromatic rings. The number of halogens is 1. The molecular weight excluding hydrogens is 398 g/mol. The van der Waals surface area contributed by atoms with E-state index in [1.807, 2.05) is 24.3 Å². The van der Waals surface area contributed by atoms with Crippen molar-refractivity contribution < 1.29 is 14.0 Å². The van der Waals surface area contributed by atoms with Gasteiger partial charge in [-0.2, -0.15) is 0 Å². The number of esters is 1. The number of rotatable bonds is 8. The summed E-state index contributed by atoms with van der Waals surface area (Å²) in [5.74, 6) is -0.136. The van der Waals surface area contributed by atoms with Gasteiger partial charge in [0.25, 0.3) is 0 Å². The van der Waals surface area contributed by atoms with Crippen LogP contribution in [0.4, 0.5) is 0 Å². The first-order chi connectivity index (χ1) is 11.6. The van der Waals surface area contributed by atoms with Gasteiger partial charge in [0.2, 0.25) is 0 Å². The smallest absolute Gasteiger partial charge is 0.330 e. The molecule has 0 spiro atoms. The Labute approximate surface area is 161 Å². The topological polar surface area (TPSA) is 48.4 Å². The summed E-state index contributed by atoms with van der Waals surface area (Å²) < 4.78 is 11.9. The van der Waals surface area contributed by atoms with Gasteiger partial charge >= 0.3 is 5.97 Å². The minimum absolute atomic E-state index is 0.174. The maximum atomic E-state index is 11.2. The maximum absolute atomic E-state index is 11.2. The fourth-order valence-electron chi connectivity index (χ4n) is 2.04. The Hall–Kier alpha value is -0.983. The summed E-state index contributed by atoms with van der Waals surface area (Å²) in [6, 6.07) is 5.96. The van der Waals surface area contributed by atoms with Crippen LogP contribution in [0, 0.1) is 0 Å². The van der Waals surface area contributed by atoms with Gasteiger partial charge in [0.15, 0.2) is 8.32 Å². The van der Waals surface area contributed by atoms with E-state index < -0.39 is 8.32 Å². The van der Waals surface area contributed by atoms with E-state index in [4.69, 9.17) is 4.43 Å². The molecule has 1 atom stereocenters. The number of pyridine rings is 1. The monoisotopic (exact) mass is 427 g/mol. The van der Waals surface area contributed by atoms with Crippen LogP contribution in [-0.4, -0.2) is 33.0 Å². The highest BCUT2D eigenvalue weighted by molar-refractivity contribution is 9.10. The molecule has 0 radical (unpaired) electrons. The normalized spacial score (nSPS) is 13.9. The van der Waals surface area contributed by atoms with E-state index in [1.165, 1.54) is 13.2 Å². The Morgan fingerprint density at radius 2 is 2.04 bits per heavy atom. The average Bonchev–Trinajstić information content (AvgIpc) is 2.52. The number of ether oxygens (including phenoxy) is 1. The molecule has 6 heteroatoms. The second kappa shape index (κ2) is 9.64. The van der Waals surface area contributed by atoms with E-state index in [9.17, 15) is 4.79 Å². The third-order valence-corrected chi connectivity index (χ3v) is 9.69. The number of carbonyl (C=O) groups is 1. The number of methoxy groups -OCH3 is 1. The summed E-state index contributed by atoms with van der Waals surface area (Å²) >= 11 is 3.44. The minimum Gasteiger partial charge on any atom is -0.466 e. The largest absolute Gasteiger partial charge is 0.466 e. The number of hydrogen-bond acceptors (Lipinski definition) is 4. The van der Waals surface area contributed by atoms with E-state index in [0.29, 0.717) is 6.61 Å². The van der Waals surface area contributed by atoms with Crippen molar-refractivity contribution >= 4 is 30.2 Å². The second-order valence-corrected chi connectivity index (χ2v) is 13.3. The van der Waals surface area contributed by atoms with Crippen LogP contribution in [-0.2, 0) is 14.0 Å². The van der Waals surface area contributed by atoms with E-state index in [-0.39, 0.29) is 16.9 Å². The number of hydrogen-bond donors (Lipinski definition) is 0. The van der Waals surface area contributed by atoms with Crippen molar-refractivity contribution in [2.24, 2.45) is 0 Å². The van der Waals surface area contributed by atoms with Gasteiger partial charge in [-0.25, -0.2) is 9.78 Å². The van der Waals surface area contributed by atoms with Crippen LogP contribution in [0.3, 0.4) is 0 Å². The Bertz CT molecular complexity index is 597. The molecular formula is C19H30BrNO3Si. The lowest BCUT2D eigenvalue weighted by atomic mass is 9.99. The molecule has 0 saturated heterocycles. The van der Waals surface area contributed by atoms with Gasteiger partial charge in [0, 0.05) is 24.3 Å². The molecule has 0 aliphatic heterocycles. The second-order valence-electron chi connectivity index (χ2n) is 7.66. The van der Waals surface area contributed by atoms with Crippen molar-refractivity contribution in [3.8, 4) is 0 Å². The lowest BCUT2D eigenvalue weighted by molar-refractivity contribution is -0.134. The Kier molecular flexibility index (Phi) is 8.51. The number of aromatic nitrogens is 1. The molecule has 1 rings (SSSR count). The molecule has 140 valence electrons. The molecule has 1 unspecified atom stereocenters. The summed E-state index contributed by atoms with van der Waals surface area (Å²) in [7, 11) is -0.434. The molecule has 4 nitrogen and oxygen atoms in total. The van der Waals surface area contributed by atoms with Gasteiger partial charge in [0.1, 0.15) is 4.60 Å². The highest BCUT2D eigenvalue weighted by Gasteiger charge is 2.37. The van der Waals surface area contributed by atoms with Crippen molar-refractivity contribution in [3.05, 3.63) is 40.6 Å². The standard InChI is InChI=1S/C19H30BrNO3Si/c1-19(2,3)25(5,6)24-14-15(10-7-8-13-18(22)23-4)16-11-9-12-17(20)21-16/h8-9,11-13,15H,7,10,14H2,1-6H3/b13-8+. The van der Waals surface area contributed by atoms with Crippen molar-refractivity contribution in [2.45, 2.75) is 57.7 Å². The molecule has 0 bridgehead atoms. The zero-order valence-corrected chi connectivity index (χ0v) is 18.7. The van der Waals surface area contributed by atoms with E-state index >= 15 is 0 Å². The Balaban J connectivity index is 2.82. The van der Waals surface area contributed by atoms with Crippen LogP contribution in [0.5, 0.6) is 0 Å². The molecule has 0 saturated carbocycles. The highest BCUT2D eigenvalue weighted by Crippen LogP contribution is 2.37. The van der Waals surface area contributed by atoms with E-state index in [2.05, 4.69) is 59.5 Å². The van der Waals surface area contributed by atoms with Crippen LogP contribution < -0.4 is 0 Å². The zero-order valence-electron chi connectivity index (χ0n) is 16.1. The predicted octanol–water partition coefficient (Wildman–Crippen LogP) is 5.46. The Morgan fingerprint density at radius 3 is 2.60 bits per heavy atom. The van der Waals surface area contributed by atoms with Crippen molar-refractivity contribution in [2.75, 3.05) is 13.7 Å². The fourth-order valence-corrected chi connectivity index (χ4v) is 3.45. The summed E-state index contributed by atoms with van der Waals surface area (Å²) in [4.78, 5) is 15.8. The van der Waals surface area contributed by atoms with Gasteiger partial charge in [0.05, 0.1) is 7.11 Å². The summed E-state index contributed by atoms with van der Waals surface area (Å²) in [6.45, 7) is 11.9. The molecule has 25 heavy (non-hydrogen) atoms. The molecule has 0 aliphatic rings. The van der Waals surface area contributed by atoms with Crippen molar-refractivity contribution in [1.82, 2.24) is 4.98 Å². The molecule has 1 aromatic heterocycles. The lowest BCUT2D eigenvalue weighted by Crippen LogP contribution is -2.41. The Morgan fingerprint density at radius 1 is 1.36 bits per heavy atom. The van der Waals surface area contributed by atoms with Crippen molar-refractivity contribution in [1.29, 1.82) is 0 Å². The fraction of sp³-hybridized carbons (Fsp3) is 0.579. The van der Waals surface area contributed by atoms with Crippen LogP contribution in [0.15, 0.2) is 35.0 Å². The molecule has 0 fully saturated rings. The van der Waals surface area contributed by atoms with Gasteiger partial charge in [-0.05, 0) is 59.0 Å². The third-order valence-electron chi connectivity index (χ3n) is 4.74. The first kappa shape index (κ1) is 22.1. The third kappa shape index (κ3) is 7.42. The summed E-state index contributed by atoms with van der Waals surface area (Å²) in [5.41, 5.74) is 1.01. The molecule has 0 amide bonds. The minimum atomic E-state index is -1.82. The predicted molar refractivity (Wildman–Crippen MR) is 108 cm³/mol. The lowest BCUT2D eigenvalue weighted by Gasteiger charge is -2.37. The zero-order chi connectivity index (χ0) is 19.1. The van der Waals surface area contributed by atoms with E-state index in [0.717, 1.165) is 23.1 Å². The molecule has 0 aliphatic carbocycles. The summed E-state index contributed by atoms with van der Waals surface area (Å²) in [5, 5.41) is 0.174. The average molecular weight is 428 g/mol. The van der Waals surface area contributed by atoms with Crippen LogP contribution in [0.1, 0.15) is 45.2 Å². The number of allylic oxidation sites excluding steroid dienone is 1. The van der Waals surface area contributed by atoms with Gasteiger partial charge < -0.3 is 9.16 Å².